The Morgan fingerprint density at radius 1 is 1.29 bits per heavy atom. The molecule has 1 atom stereocenters. The van der Waals surface area contributed by atoms with Crippen LogP contribution in [0.3, 0.4) is 0 Å². The van der Waals surface area contributed by atoms with E-state index in [2.05, 4.69) is 26.6 Å². The average Bonchev–Trinajstić information content (AvgIpc) is 3.54. The van der Waals surface area contributed by atoms with Crippen LogP contribution in [0.25, 0.3) is 21.5 Å². The molecule has 0 bridgehead atoms. The molecule has 4 aromatic rings. The molecule has 4 aromatic heterocycles. The predicted molar refractivity (Wildman–Crippen MR) is 131 cm³/mol. The lowest BCUT2D eigenvalue weighted by molar-refractivity contribution is 0.0724. The SMILES string of the molecule is CC(CO)n1cc(Nc2nc(-c3cnn(C4(CC#N)CN(S(C)(=O)=O)C4)c3)c3sccc3n2)cn1. The van der Waals surface area contributed by atoms with Crippen molar-refractivity contribution in [3.05, 3.63) is 36.2 Å². The fraction of sp³-hybridized carbons (Fsp3) is 0.381. The van der Waals surface area contributed by atoms with Crippen LogP contribution in [0, 0.1) is 11.3 Å². The Morgan fingerprint density at radius 2 is 2.09 bits per heavy atom. The lowest BCUT2D eigenvalue weighted by atomic mass is 9.89. The van der Waals surface area contributed by atoms with E-state index < -0.39 is 15.6 Å². The first kappa shape index (κ1) is 23.4. The van der Waals surface area contributed by atoms with Gasteiger partial charge in [-0.2, -0.15) is 19.8 Å². The smallest absolute Gasteiger partial charge is 0.228 e. The molecule has 12 nitrogen and oxygen atoms in total. The van der Waals surface area contributed by atoms with Gasteiger partial charge in [0.2, 0.25) is 16.0 Å². The van der Waals surface area contributed by atoms with Gasteiger partial charge < -0.3 is 10.4 Å². The Kier molecular flexibility index (Phi) is 5.80. The molecule has 1 aliphatic rings. The van der Waals surface area contributed by atoms with E-state index in [0.29, 0.717) is 17.3 Å². The highest BCUT2D eigenvalue weighted by atomic mass is 32.2. The van der Waals surface area contributed by atoms with Gasteiger partial charge in [-0.1, -0.05) is 0 Å². The van der Waals surface area contributed by atoms with Crippen molar-refractivity contribution in [1.29, 1.82) is 5.26 Å². The summed E-state index contributed by atoms with van der Waals surface area (Å²) in [4.78, 5) is 9.33. The minimum absolute atomic E-state index is 0.0259. The van der Waals surface area contributed by atoms with Crippen molar-refractivity contribution in [2.24, 2.45) is 0 Å². The van der Waals surface area contributed by atoms with Crippen LogP contribution in [0.1, 0.15) is 19.4 Å². The van der Waals surface area contributed by atoms with Crippen molar-refractivity contribution in [3.63, 3.8) is 0 Å². The summed E-state index contributed by atoms with van der Waals surface area (Å²) in [5.74, 6) is 0.383. The van der Waals surface area contributed by atoms with Gasteiger partial charge in [0.25, 0.3) is 0 Å². The molecule has 5 rings (SSSR count). The second kappa shape index (κ2) is 8.68. The number of fused-ring (bicyclic) bond motifs is 1. The van der Waals surface area contributed by atoms with Gasteiger partial charge in [-0.3, -0.25) is 9.36 Å². The van der Waals surface area contributed by atoms with Crippen LogP contribution in [0.4, 0.5) is 11.6 Å². The van der Waals surface area contributed by atoms with E-state index >= 15 is 0 Å². The van der Waals surface area contributed by atoms with E-state index in [1.807, 2.05) is 24.6 Å². The molecule has 0 aliphatic carbocycles. The summed E-state index contributed by atoms with van der Waals surface area (Å²) in [6, 6.07) is 3.92. The monoisotopic (exact) mass is 513 g/mol. The number of hydrogen-bond acceptors (Lipinski definition) is 10. The fourth-order valence-electron chi connectivity index (χ4n) is 4.01. The topological polar surface area (TPSA) is 155 Å². The fourth-order valence-corrected chi connectivity index (χ4v) is 5.80. The molecule has 0 aromatic carbocycles. The largest absolute Gasteiger partial charge is 0.394 e. The lowest BCUT2D eigenvalue weighted by Crippen LogP contribution is -2.63. The Labute approximate surface area is 205 Å². The van der Waals surface area contributed by atoms with Gasteiger partial charge in [0.05, 0.1) is 65.4 Å². The van der Waals surface area contributed by atoms with Crippen LogP contribution >= 0.6 is 11.3 Å². The molecule has 0 amide bonds. The average molecular weight is 514 g/mol. The van der Waals surface area contributed by atoms with Crippen LogP contribution in [-0.2, 0) is 15.6 Å². The number of hydrogen-bond donors (Lipinski definition) is 2. The number of nitriles is 1. The molecule has 182 valence electrons. The zero-order valence-electron chi connectivity index (χ0n) is 19.0. The maximum Gasteiger partial charge on any atom is 0.228 e. The molecule has 14 heteroatoms. The third-order valence-corrected chi connectivity index (χ3v) is 8.14. The molecule has 35 heavy (non-hydrogen) atoms. The number of aliphatic hydroxyl groups is 1. The van der Waals surface area contributed by atoms with Crippen molar-refractivity contribution in [1.82, 2.24) is 33.8 Å². The standard InChI is InChI=1S/C21H23N9O3S2/c1-14(11-31)29-10-16(8-23-29)25-20-26-17-3-6-34-19(17)18(27-20)15-7-24-30(9-15)21(4-5-22)12-28(13-21)35(2,32)33/h3,6-10,14,31H,4,11-13H2,1-2H3,(H,25,26,27). The number of sulfonamides is 1. The molecule has 0 spiro atoms. The highest BCUT2D eigenvalue weighted by Crippen LogP contribution is 2.37. The van der Waals surface area contributed by atoms with Crippen molar-refractivity contribution >= 4 is 43.2 Å². The Morgan fingerprint density at radius 3 is 2.80 bits per heavy atom. The first-order valence-electron chi connectivity index (χ1n) is 10.8. The molecule has 5 heterocycles. The zero-order chi connectivity index (χ0) is 24.8. The van der Waals surface area contributed by atoms with Crippen LogP contribution in [0.2, 0.25) is 0 Å². The van der Waals surface area contributed by atoms with Gasteiger partial charge in [0.15, 0.2) is 0 Å². The number of rotatable bonds is 8. The number of thiophene rings is 1. The summed E-state index contributed by atoms with van der Waals surface area (Å²) >= 11 is 1.51. The van der Waals surface area contributed by atoms with Gasteiger partial charge in [0.1, 0.15) is 5.54 Å². The summed E-state index contributed by atoms with van der Waals surface area (Å²) in [6.45, 7) is 2.22. The molecule has 2 N–H and O–H groups in total. The van der Waals surface area contributed by atoms with E-state index in [4.69, 9.17) is 4.98 Å². The number of aliphatic hydroxyl groups excluding tert-OH is 1. The maximum atomic E-state index is 11.9. The quantitative estimate of drug-likeness (QED) is 0.359. The first-order valence-corrected chi connectivity index (χ1v) is 13.5. The second-order valence-electron chi connectivity index (χ2n) is 8.66. The van der Waals surface area contributed by atoms with Gasteiger partial charge >= 0.3 is 0 Å². The third kappa shape index (κ3) is 4.27. The Hall–Kier alpha value is -3.38. The number of nitrogens with zero attached hydrogens (tertiary/aromatic N) is 8. The second-order valence-corrected chi connectivity index (χ2v) is 11.6. The molecular formula is C21H23N9O3S2. The predicted octanol–water partition coefficient (Wildman–Crippen LogP) is 1.93. The van der Waals surface area contributed by atoms with Crippen LogP contribution in [0.15, 0.2) is 36.2 Å². The third-order valence-electron chi connectivity index (χ3n) is 6.04. The van der Waals surface area contributed by atoms with Crippen molar-refractivity contribution in [3.8, 4) is 17.3 Å². The number of aromatic nitrogens is 6. The summed E-state index contributed by atoms with van der Waals surface area (Å²) in [7, 11) is -3.34. The summed E-state index contributed by atoms with van der Waals surface area (Å²) in [5, 5.41) is 32.6. The molecular weight excluding hydrogens is 490 g/mol. The van der Waals surface area contributed by atoms with E-state index in [1.54, 1.807) is 28.0 Å². The normalized spacial score (nSPS) is 16.6. The molecule has 1 fully saturated rings. The van der Waals surface area contributed by atoms with Gasteiger partial charge in [0, 0.05) is 31.0 Å². The van der Waals surface area contributed by atoms with Gasteiger partial charge in [-0.25, -0.2) is 18.4 Å². The summed E-state index contributed by atoms with van der Waals surface area (Å²) in [6.07, 6.45) is 8.20. The van der Waals surface area contributed by atoms with Crippen LogP contribution < -0.4 is 5.32 Å². The molecule has 0 radical (unpaired) electrons. The minimum atomic E-state index is -3.34. The van der Waals surface area contributed by atoms with Crippen molar-refractivity contribution in [2.75, 3.05) is 31.3 Å². The lowest BCUT2D eigenvalue weighted by Gasteiger charge is -2.47. The highest BCUT2D eigenvalue weighted by Gasteiger charge is 2.49. The summed E-state index contributed by atoms with van der Waals surface area (Å²) < 4.78 is 29.4. The van der Waals surface area contributed by atoms with E-state index in [9.17, 15) is 18.8 Å². The molecule has 0 saturated carbocycles. The maximum absolute atomic E-state index is 11.9. The van der Waals surface area contributed by atoms with E-state index in [0.717, 1.165) is 22.0 Å². The van der Waals surface area contributed by atoms with Crippen LogP contribution in [0.5, 0.6) is 0 Å². The van der Waals surface area contributed by atoms with Gasteiger partial charge in [-0.15, -0.1) is 11.3 Å². The first-order chi connectivity index (χ1) is 16.7. The Balaban J connectivity index is 1.47. The zero-order valence-corrected chi connectivity index (χ0v) is 20.7. The Bertz CT molecular complexity index is 1530. The van der Waals surface area contributed by atoms with Crippen molar-refractivity contribution < 1.29 is 13.5 Å². The summed E-state index contributed by atoms with van der Waals surface area (Å²) in [5.41, 5.74) is 2.16. The molecule has 1 saturated heterocycles. The molecule has 1 unspecified atom stereocenters. The van der Waals surface area contributed by atoms with Crippen LogP contribution in [-0.4, -0.2) is 73.3 Å². The number of nitrogens with one attached hydrogen (secondary N) is 1. The van der Waals surface area contributed by atoms with E-state index in [1.165, 1.54) is 15.6 Å². The number of anilines is 2. The molecule has 1 aliphatic heterocycles. The minimum Gasteiger partial charge on any atom is -0.394 e. The highest BCUT2D eigenvalue weighted by molar-refractivity contribution is 7.88. The van der Waals surface area contributed by atoms with E-state index in [-0.39, 0.29) is 32.2 Å². The van der Waals surface area contributed by atoms with Crippen molar-refractivity contribution in [2.45, 2.75) is 24.9 Å². The van der Waals surface area contributed by atoms with Gasteiger partial charge in [-0.05, 0) is 18.4 Å².